The zero-order chi connectivity index (χ0) is 22.4. The average Bonchev–Trinajstić information content (AvgIpc) is 2.69. The molecule has 1 aliphatic carbocycles. The first-order chi connectivity index (χ1) is 14.3. The van der Waals surface area contributed by atoms with Crippen molar-refractivity contribution in [2.75, 3.05) is 0 Å². The van der Waals surface area contributed by atoms with Gasteiger partial charge in [-0.25, -0.2) is 0 Å². The van der Waals surface area contributed by atoms with Gasteiger partial charge in [-0.05, 0) is 50.4 Å². The SMILES string of the molecule is CC(C)CCCCCCCC(CCCCC(C)C)OC(=O)C1CCCCC1C(=O)O. The third-order valence-corrected chi connectivity index (χ3v) is 6.53. The summed E-state index contributed by atoms with van der Waals surface area (Å²) in [4.78, 5) is 24.4. The van der Waals surface area contributed by atoms with Crippen LogP contribution in [0.4, 0.5) is 0 Å². The summed E-state index contributed by atoms with van der Waals surface area (Å²) in [5, 5.41) is 9.49. The highest BCUT2D eigenvalue weighted by Crippen LogP contribution is 2.32. The fourth-order valence-electron chi connectivity index (χ4n) is 4.60. The lowest BCUT2D eigenvalue weighted by Crippen LogP contribution is -2.35. The van der Waals surface area contributed by atoms with Crippen molar-refractivity contribution >= 4 is 11.9 Å². The molecule has 1 fully saturated rings. The molecule has 176 valence electrons. The van der Waals surface area contributed by atoms with Crippen LogP contribution in [-0.4, -0.2) is 23.1 Å². The molecule has 0 aromatic rings. The van der Waals surface area contributed by atoms with Crippen molar-refractivity contribution in [3.8, 4) is 0 Å². The predicted molar refractivity (Wildman–Crippen MR) is 123 cm³/mol. The molecular weight excluding hydrogens is 376 g/mol. The van der Waals surface area contributed by atoms with E-state index in [2.05, 4.69) is 27.7 Å². The van der Waals surface area contributed by atoms with Gasteiger partial charge in [-0.3, -0.25) is 9.59 Å². The molecule has 4 heteroatoms. The van der Waals surface area contributed by atoms with Crippen molar-refractivity contribution < 1.29 is 19.4 Å². The Labute approximate surface area is 185 Å². The number of carboxylic acids is 1. The fraction of sp³-hybridized carbons (Fsp3) is 0.923. The molecule has 0 spiro atoms. The van der Waals surface area contributed by atoms with Crippen LogP contribution in [0.5, 0.6) is 0 Å². The molecule has 0 aliphatic heterocycles. The molecule has 30 heavy (non-hydrogen) atoms. The second-order valence-corrected chi connectivity index (χ2v) is 10.3. The van der Waals surface area contributed by atoms with Crippen LogP contribution < -0.4 is 0 Å². The second-order valence-electron chi connectivity index (χ2n) is 10.3. The van der Waals surface area contributed by atoms with Gasteiger partial charge in [-0.2, -0.15) is 0 Å². The number of unbranched alkanes of at least 4 members (excludes halogenated alkanes) is 5. The number of ether oxygens (including phenoxy) is 1. The number of carbonyl (C=O) groups excluding carboxylic acids is 1. The Balaban J connectivity index is 2.46. The Hall–Kier alpha value is -1.06. The van der Waals surface area contributed by atoms with Crippen LogP contribution in [0.25, 0.3) is 0 Å². The highest BCUT2D eigenvalue weighted by Gasteiger charge is 2.37. The van der Waals surface area contributed by atoms with Gasteiger partial charge in [0.25, 0.3) is 0 Å². The second kappa shape index (κ2) is 15.7. The minimum absolute atomic E-state index is 0.0447. The van der Waals surface area contributed by atoms with E-state index in [1.54, 1.807) is 0 Å². The van der Waals surface area contributed by atoms with Crippen LogP contribution in [0.15, 0.2) is 0 Å². The Morgan fingerprint density at radius 2 is 1.17 bits per heavy atom. The molecule has 1 saturated carbocycles. The van der Waals surface area contributed by atoms with Crippen LogP contribution in [0.3, 0.4) is 0 Å². The normalized spacial score (nSPS) is 20.5. The van der Waals surface area contributed by atoms with Crippen LogP contribution in [-0.2, 0) is 14.3 Å². The van der Waals surface area contributed by atoms with Gasteiger partial charge in [0.05, 0.1) is 11.8 Å². The molecular formula is C26H48O4. The summed E-state index contributed by atoms with van der Waals surface area (Å²) < 4.78 is 5.93. The highest BCUT2D eigenvalue weighted by atomic mass is 16.5. The van der Waals surface area contributed by atoms with Crippen molar-refractivity contribution in [1.29, 1.82) is 0 Å². The fourth-order valence-corrected chi connectivity index (χ4v) is 4.60. The van der Waals surface area contributed by atoms with Gasteiger partial charge in [-0.1, -0.05) is 85.5 Å². The van der Waals surface area contributed by atoms with Gasteiger partial charge in [0.15, 0.2) is 0 Å². The first-order valence-electron chi connectivity index (χ1n) is 12.7. The summed E-state index contributed by atoms with van der Waals surface area (Å²) in [5.74, 6) is -0.622. The summed E-state index contributed by atoms with van der Waals surface area (Å²) in [6, 6.07) is 0. The minimum atomic E-state index is -0.841. The van der Waals surface area contributed by atoms with E-state index in [1.807, 2.05) is 0 Å². The summed E-state index contributed by atoms with van der Waals surface area (Å²) >= 11 is 0. The molecule has 0 amide bonds. The molecule has 3 unspecified atom stereocenters. The van der Waals surface area contributed by atoms with Crippen molar-refractivity contribution in [3.05, 3.63) is 0 Å². The van der Waals surface area contributed by atoms with Crippen LogP contribution in [0.1, 0.15) is 124 Å². The maximum absolute atomic E-state index is 12.8. The highest BCUT2D eigenvalue weighted by molar-refractivity contribution is 5.81. The van der Waals surface area contributed by atoms with Crippen LogP contribution >= 0.6 is 0 Å². The third kappa shape index (κ3) is 12.0. The lowest BCUT2D eigenvalue weighted by atomic mass is 9.79. The Morgan fingerprint density at radius 3 is 1.70 bits per heavy atom. The van der Waals surface area contributed by atoms with E-state index in [-0.39, 0.29) is 12.1 Å². The maximum Gasteiger partial charge on any atom is 0.310 e. The molecule has 0 bridgehead atoms. The molecule has 0 aromatic carbocycles. The van der Waals surface area contributed by atoms with Crippen LogP contribution in [0, 0.1) is 23.7 Å². The zero-order valence-electron chi connectivity index (χ0n) is 20.2. The van der Waals surface area contributed by atoms with E-state index in [0.29, 0.717) is 18.8 Å². The number of hydrogen-bond acceptors (Lipinski definition) is 3. The first-order valence-corrected chi connectivity index (χ1v) is 12.7. The molecule has 4 nitrogen and oxygen atoms in total. The quantitative estimate of drug-likeness (QED) is 0.207. The molecule has 0 heterocycles. The van der Waals surface area contributed by atoms with Crippen molar-refractivity contribution in [2.45, 2.75) is 130 Å². The molecule has 3 atom stereocenters. The summed E-state index contributed by atoms with van der Waals surface area (Å²) in [6.07, 6.45) is 15.8. The number of carbonyl (C=O) groups is 2. The van der Waals surface area contributed by atoms with E-state index < -0.39 is 17.8 Å². The van der Waals surface area contributed by atoms with E-state index >= 15 is 0 Å². The smallest absolute Gasteiger partial charge is 0.310 e. The number of carboxylic acid groups (broad SMARTS) is 1. The van der Waals surface area contributed by atoms with E-state index in [0.717, 1.165) is 44.4 Å². The van der Waals surface area contributed by atoms with E-state index in [9.17, 15) is 14.7 Å². The minimum Gasteiger partial charge on any atom is -0.481 e. The lowest BCUT2D eigenvalue weighted by molar-refractivity contribution is -0.164. The van der Waals surface area contributed by atoms with Gasteiger partial charge in [0, 0.05) is 0 Å². The van der Waals surface area contributed by atoms with Gasteiger partial charge in [0.2, 0.25) is 0 Å². The molecule has 1 rings (SSSR count). The molecule has 0 radical (unpaired) electrons. The lowest BCUT2D eigenvalue weighted by Gasteiger charge is -2.29. The van der Waals surface area contributed by atoms with Gasteiger partial charge >= 0.3 is 11.9 Å². The maximum atomic E-state index is 12.8. The predicted octanol–water partition coefficient (Wildman–Crippen LogP) is 7.39. The Kier molecular flexibility index (Phi) is 14.1. The topological polar surface area (TPSA) is 63.6 Å². The molecule has 0 saturated heterocycles. The number of hydrogen-bond donors (Lipinski definition) is 1. The van der Waals surface area contributed by atoms with Crippen molar-refractivity contribution in [1.82, 2.24) is 0 Å². The van der Waals surface area contributed by atoms with E-state index in [1.165, 1.54) is 44.9 Å². The van der Waals surface area contributed by atoms with Gasteiger partial charge in [0.1, 0.15) is 6.10 Å². The van der Waals surface area contributed by atoms with E-state index in [4.69, 9.17) is 4.74 Å². The zero-order valence-corrected chi connectivity index (χ0v) is 20.2. The summed E-state index contributed by atoms with van der Waals surface area (Å²) in [6.45, 7) is 9.04. The Bertz CT molecular complexity index is 472. The van der Waals surface area contributed by atoms with Gasteiger partial charge in [-0.15, -0.1) is 0 Å². The number of aliphatic carboxylic acids is 1. The molecule has 1 aliphatic rings. The van der Waals surface area contributed by atoms with Crippen LogP contribution in [0.2, 0.25) is 0 Å². The van der Waals surface area contributed by atoms with Gasteiger partial charge < -0.3 is 9.84 Å². The molecule has 1 N–H and O–H groups in total. The Morgan fingerprint density at radius 1 is 0.733 bits per heavy atom. The van der Waals surface area contributed by atoms with Crippen molar-refractivity contribution in [2.24, 2.45) is 23.7 Å². The average molecular weight is 425 g/mol. The number of esters is 1. The third-order valence-electron chi connectivity index (χ3n) is 6.53. The molecule has 0 aromatic heterocycles. The first kappa shape index (κ1) is 27.0. The summed E-state index contributed by atoms with van der Waals surface area (Å²) in [5.41, 5.74) is 0. The summed E-state index contributed by atoms with van der Waals surface area (Å²) in [7, 11) is 0. The standard InChI is InChI=1S/C26H48O4/c1-20(2)14-8-6-5-7-9-16-22(17-11-10-15-21(3)4)30-26(29)24-19-13-12-18-23(24)25(27)28/h20-24H,5-19H2,1-4H3,(H,27,28). The number of rotatable bonds is 16. The monoisotopic (exact) mass is 424 g/mol. The largest absolute Gasteiger partial charge is 0.481 e. The van der Waals surface area contributed by atoms with Crippen molar-refractivity contribution in [3.63, 3.8) is 0 Å².